The third-order valence-electron chi connectivity index (χ3n) is 11.3. The molecule has 3 heterocycles. The Kier molecular flexibility index (Phi) is 30.2. The Balaban J connectivity index is 0.000000309. The van der Waals surface area contributed by atoms with Gasteiger partial charge in [-0.2, -0.15) is 0 Å². The molecule has 94 heavy (non-hydrogen) atoms. The zero-order chi connectivity index (χ0) is 70.5. The van der Waals surface area contributed by atoms with Crippen LogP contribution in [0.3, 0.4) is 0 Å². The molecular weight excluding hydrogens is 1280 g/mol. The standard InChI is InChI=1S/C15H17FN2O5.C13H11FN2O4.C12H8ClFN2O3.C12H9FN2O4.C8H13NO4/c1-3-22-13(19)12(14(20)23-4-2)9-17-15(21)18-11-7-5-10(16)6-8-11;1-2-20-12(18)10-7-15-13(19)16(11(10)17)9-5-3-8(14)4-6-9;1-15-6-9(10(13)17)11(18)16(12(15)19)8-4-2-7(14)3-5-8;1-14-6-9(11(17)18)10(16)15(12(14)19)8-4-2-7(13)3-5-8;1-3-12-7(10)6(5-9)8(11)13-4-2/h5-9H,3-4H2,1-2H3,(H2,17,18,21);3-7H,2H2,1H3,(H,15,19);2-6H,1H3;2-6H,1H3,(H,17,18);5H,3-4,9H2,1-2H3. The zero-order valence-corrected chi connectivity index (χ0v) is 51.3. The molecule has 34 heteroatoms. The lowest BCUT2D eigenvalue weighted by Gasteiger charge is -2.08. The number of esters is 5. The molecule has 4 aromatic carbocycles. The molecule has 3 aromatic heterocycles. The van der Waals surface area contributed by atoms with Gasteiger partial charge in [0.1, 0.15) is 40.0 Å². The van der Waals surface area contributed by atoms with Crippen LogP contribution in [0.4, 0.5) is 28.0 Å². The second-order valence-electron chi connectivity index (χ2n) is 17.7. The van der Waals surface area contributed by atoms with Crippen LogP contribution in [0.2, 0.25) is 0 Å². The minimum Gasteiger partial charge on any atom is -0.477 e. The Labute approximate surface area is 532 Å². The van der Waals surface area contributed by atoms with Gasteiger partial charge in [-0.05, 0) is 143 Å². The van der Waals surface area contributed by atoms with Crippen LogP contribution in [0, 0.1) is 23.3 Å². The van der Waals surface area contributed by atoms with Crippen molar-refractivity contribution in [3.05, 3.63) is 242 Å². The quantitative estimate of drug-likeness (QED) is 0.0162. The average molecular weight is 1340 g/mol. The molecule has 0 aliphatic rings. The molecule has 0 bridgehead atoms. The van der Waals surface area contributed by atoms with Gasteiger partial charge in [-0.15, -0.1) is 0 Å². The number of nitrogens with one attached hydrogen (secondary N) is 3. The second kappa shape index (κ2) is 37.2. The number of aromatic nitrogens is 6. The molecule has 0 aliphatic heterocycles. The number of nitrogens with zero attached hydrogens (tertiary/aromatic N) is 5. The van der Waals surface area contributed by atoms with Gasteiger partial charge in [0.2, 0.25) is 0 Å². The number of amides is 2. The number of urea groups is 1. The van der Waals surface area contributed by atoms with Gasteiger partial charge in [-0.1, -0.05) is 0 Å². The lowest BCUT2D eigenvalue weighted by Crippen LogP contribution is -2.40. The number of aromatic amines is 1. The molecule has 6 N–H and O–H groups in total. The van der Waals surface area contributed by atoms with Crippen molar-refractivity contribution in [3.63, 3.8) is 0 Å². The van der Waals surface area contributed by atoms with Crippen molar-refractivity contribution in [1.82, 2.24) is 33.1 Å². The van der Waals surface area contributed by atoms with Gasteiger partial charge < -0.3 is 59.3 Å². The number of ether oxygens (including phenoxy) is 5. The summed E-state index contributed by atoms with van der Waals surface area (Å²) in [6.07, 6.45) is 4.81. The Morgan fingerprint density at radius 2 is 0.851 bits per heavy atom. The van der Waals surface area contributed by atoms with Gasteiger partial charge >= 0.3 is 58.9 Å². The normalized spacial score (nSPS) is 9.96. The Morgan fingerprint density at radius 3 is 1.21 bits per heavy atom. The van der Waals surface area contributed by atoms with E-state index >= 15 is 0 Å². The molecule has 29 nitrogen and oxygen atoms in total. The number of aromatic carboxylic acids is 1. The smallest absolute Gasteiger partial charge is 0.347 e. The van der Waals surface area contributed by atoms with Crippen molar-refractivity contribution >= 4 is 64.4 Å². The number of rotatable bonds is 17. The van der Waals surface area contributed by atoms with Crippen LogP contribution in [-0.2, 0) is 57.0 Å². The largest absolute Gasteiger partial charge is 0.477 e. The number of carboxylic acids is 1. The van der Waals surface area contributed by atoms with Crippen molar-refractivity contribution in [2.75, 3.05) is 38.4 Å². The van der Waals surface area contributed by atoms with Crippen molar-refractivity contribution in [2.45, 2.75) is 34.6 Å². The average Bonchev–Trinajstić information content (AvgIpc) is 0.807. The minimum atomic E-state index is -1.43. The number of carbonyl (C=O) groups is 8. The number of aryl methyl sites for hydroxylation is 2. The highest BCUT2D eigenvalue weighted by Crippen LogP contribution is 2.11. The summed E-state index contributed by atoms with van der Waals surface area (Å²) in [7, 11) is 2.71. The van der Waals surface area contributed by atoms with Crippen molar-refractivity contribution in [3.8, 4) is 17.1 Å². The molecule has 498 valence electrons. The molecule has 0 saturated carbocycles. The molecule has 0 unspecified atom stereocenters. The van der Waals surface area contributed by atoms with Gasteiger partial charge in [-0.3, -0.25) is 19.2 Å². The summed E-state index contributed by atoms with van der Waals surface area (Å²) in [4.78, 5) is 165. The number of nitrogens with two attached hydrogens (primary N) is 1. The van der Waals surface area contributed by atoms with Crippen molar-refractivity contribution in [2.24, 2.45) is 19.8 Å². The Morgan fingerprint density at radius 1 is 0.511 bits per heavy atom. The van der Waals surface area contributed by atoms with Gasteiger partial charge in [0.15, 0.2) is 11.1 Å². The molecule has 0 spiro atoms. The maximum atomic E-state index is 12.9. The summed E-state index contributed by atoms with van der Waals surface area (Å²) in [5.41, 5.74) is -0.744. The number of benzene rings is 4. The third-order valence-corrected chi connectivity index (χ3v) is 11.5. The van der Waals surface area contributed by atoms with Gasteiger partial charge in [0.05, 0.1) is 50.1 Å². The molecule has 0 saturated heterocycles. The molecule has 0 radical (unpaired) electrons. The van der Waals surface area contributed by atoms with Gasteiger partial charge in [0.25, 0.3) is 21.9 Å². The summed E-state index contributed by atoms with van der Waals surface area (Å²) in [6.45, 7) is 8.65. The fourth-order valence-electron chi connectivity index (χ4n) is 7.00. The van der Waals surface area contributed by atoms with Gasteiger partial charge in [0, 0.05) is 50.8 Å². The number of halogens is 5. The van der Waals surface area contributed by atoms with E-state index in [1.165, 1.54) is 74.8 Å². The highest BCUT2D eigenvalue weighted by atomic mass is 35.5. The minimum absolute atomic E-state index is 0.0668. The van der Waals surface area contributed by atoms with Crippen LogP contribution in [0.1, 0.15) is 65.7 Å². The van der Waals surface area contributed by atoms with E-state index in [0.29, 0.717) is 10.3 Å². The molecule has 0 fully saturated rings. The van der Waals surface area contributed by atoms with E-state index in [1.807, 2.05) is 0 Å². The summed E-state index contributed by atoms with van der Waals surface area (Å²) >= 11 is 5.29. The fourth-order valence-corrected chi connectivity index (χ4v) is 7.13. The first-order chi connectivity index (χ1) is 44.5. The maximum Gasteiger partial charge on any atom is 0.347 e. The Bertz CT molecular complexity index is 4160. The zero-order valence-electron chi connectivity index (χ0n) is 50.6. The van der Waals surface area contributed by atoms with Gasteiger partial charge in [-0.25, -0.2) is 79.2 Å². The van der Waals surface area contributed by atoms with E-state index in [9.17, 15) is 84.7 Å². The first-order valence-corrected chi connectivity index (χ1v) is 27.4. The van der Waals surface area contributed by atoms with E-state index in [1.54, 1.807) is 34.6 Å². The molecule has 0 aliphatic carbocycles. The molecular formula is C60H58ClF4N9O20. The summed E-state index contributed by atoms with van der Waals surface area (Å²) in [5, 5.41) is 12.6. The van der Waals surface area contributed by atoms with E-state index in [0.717, 1.165) is 85.7 Å². The lowest BCUT2D eigenvalue weighted by atomic mass is 10.3. The first-order valence-electron chi connectivity index (χ1n) is 27.0. The fraction of sp³-hybridized carbons (Fsp3) is 0.200. The predicted octanol–water partition coefficient (Wildman–Crippen LogP) is 4.18. The van der Waals surface area contributed by atoms with E-state index in [2.05, 4.69) is 25.1 Å². The summed E-state index contributed by atoms with van der Waals surface area (Å²) < 4.78 is 78.8. The van der Waals surface area contributed by atoms with Crippen LogP contribution < -0.4 is 50.1 Å². The number of carbonyl (C=O) groups excluding carboxylic acids is 7. The van der Waals surface area contributed by atoms with Crippen LogP contribution in [0.15, 0.2) is 168 Å². The second-order valence-corrected chi connectivity index (χ2v) is 18.0. The topological polar surface area (TPSA) is 396 Å². The van der Waals surface area contributed by atoms with E-state index < -0.39 is 115 Å². The number of anilines is 1. The number of hydrogen-bond acceptors (Lipinski definition) is 20. The Hall–Kier alpha value is -12.0. The summed E-state index contributed by atoms with van der Waals surface area (Å²) in [6, 6.07) is 18.4. The monoisotopic (exact) mass is 1340 g/mol. The van der Waals surface area contributed by atoms with E-state index in [4.69, 9.17) is 36.7 Å². The summed E-state index contributed by atoms with van der Waals surface area (Å²) in [5.74, 6) is -7.57. The highest BCUT2D eigenvalue weighted by Gasteiger charge is 2.23. The number of hydrogen-bond donors (Lipinski definition) is 5. The van der Waals surface area contributed by atoms with Crippen LogP contribution >= 0.6 is 11.6 Å². The first kappa shape index (κ1) is 76.2. The molecule has 7 rings (SSSR count). The SMILES string of the molecule is CCOC(=O)C(=CN)C(=O)OCC.CCOC(=O)C(=CNC(=O)Nc1ccc(F)cc1)C(=O)OCC.CCOC(=O)c1c[nH]c(=O)n(-c2ccc(F)cc2)c1=O.Cn1cc(C(=O)Cl)c(=O)n(-c2ccc(F)cc2)c1=O.Cn1cc(C(=O)O)c(=O)n(-c2ccc(F)cc2)c1=O. The lowest BCUT2D eigenvalue weighted by molar-refractivity contribution is -0.148. The maximum absolute atomic E-state index is 12.9. The number of H-pyrrole nitrogens is 1. The predicted molar refractivity (Wildman–Crippen MR) is 326 cm³/mol. The van der Waals surface area contributed by atoms with Crippen LogP contribution in [0.5, 0.6) is 0 Å². The highest BCUT2D eigenvalue weighted by molar-refractivity contribution is 6.67. The molecule has 2 amide bonds. The molecule has 0 atom stereocenters. The molecule has 7 aromatic rings. The third kappa shape index (κ3) is 21.9. The van der Waals surface area contributed by atoms with Crippen LogP contribution in [-0.4, -0.2) is 113 Å². The van der Waals surface area contributed by atoms with E-state index in [-0.39, 0.29) is 66.8 Å². The van der Waals surface area contributed by atoms with Crippen molar-refractivity contribution < 1.29 is 84.7 Å². The van der Waals surface area contributed by atoms with Crippen LogP contribution in [0.25, 0.3) is 17.1 Å². The number of carboxylic acid groups (broad SMARTS) is 1. The van der Waals surface area contributed by atoms with Crippen molar-refractivity contribution in [1.29, 1.82) is 0 Å².